The molecule has 100 valence electrons. The molecule has 1 fully saturated rings. The number of carboxylic acid groups (broad SMARTS) is 1. The Balaban J connectivity index is 2.21. The van der Waals surface area contributed by atoms with Crippen molar-refractivity contribution in [1.82, 2.24) is 4.90 Å². The van der Waals surface area contributed by atoms with Gasteiger partial charge in [0.1, 0.15) is 6.79 Å². The highest BCUT2D eigenvalue weighted by Gasteiger charge is 2.28. The van der Waals surface area contributed by atoms with E-state index < -0.39 is 6.09 Å². The van der Waals surface area contributed by atoms with Gasteiger partial charge in [0.2, 0.25) is 0 Å². The maximum Gasteiger partial charge on any atom is 0.407 e. The number of nitrogens with two attached hydrogens (primary N) is 1. The van der Waals surface area contributed by atoms with Gasteiger partial charge in [-0.3, -0.25) is 0 Å². The van der Waals surface area contributed by atoms with Crippen LogP contribution < -0.4 is 5.73 Å². The molecule has 0 aliphatic carbocycles. The van der Waals surface area contributed by atoms with Crippen LogP contribution in [-0.4, -0.2) is 68.5 Å². The molecule has 1 heterocycles. The summed E-state index contributed by atoms with van der Waals surface area (Å²) < 4.78 is 15.4. The average Bonchev–Trinajstić information content (AvgIpc) is 2.28. The number of amides is 1. The molecule has 1 rings (SSSR count). The van der Waals surface area contributed by atoms with Gasteiger partial charge >= 0.3 is 6.09 Å². The normalized spacial score (nSPS) is 24.9. The van der Waals surface area contributed by atoms with E-state index >= 15 is 0 Å². The Kier molecular flexibility index (Phi) is 6.20. The standard InChI is InChI=1S/C10H20N2O5/c1-15-2-3-16-7-17-9-4-8(11)5-12(6-9)10(13)14/h8-9H,2-7,11H2,1H3,(H,13,14). The van der Waals surface area contributed by atoms with E-state index in [4.69, 9.17) is 25.1 Å². The lowest BCUT2D eigenvalue weighted by atomic mass is 10.0. The minimum atomic E-state index is -0.964. The van der Waals surface area contributed by atoms with Crippen LogP contribution in [-0.2, 0) is 14.2 Å². The molecule has 0 saturated carbocycles. The first kappa shape index (κ1) is 14.2. The van der Waals surface area contributed by atoms with Crippen molar-refractivity contribution in [3.63, 3.8) is 0 Å². The van der Waals surface area contributed by atoms with Gasteiger partial charge in [0.15, 0.2) is 0 Å². The molecule has 1 aliphatic rings. The summed E-state index contributed by atoms with van der Waals surface area (Å²) in [5.41, 5.74) is 5.76. The van der Waals surface area contributed by atoms with Crippen molar-refractivity contribution in [1.29, 1.82) is 0 Å². The molecule has 17 heavy (non-hydrogen) atoms. The van der Waals surface area contributed by atoms with Crippen LogP contribution in [0.15, 0.2) is 0 Å². The van der Waals surface area contributed by atoms with Crippen molar-refractivity contribution < 1.29 is 24.1 Å². The Hall–Kier alpha value is -0.890. The van der Waals surface area contributed by atoms with Crippen molar-refractivity contribution in [3.05, 3.63) is 0 Å². The third-order valence-corrected chi connectivity index (χ3v) is 2.53. The van der Waals surface area contributed by atoms with Gasteiger partial charge in [0.25, 0.3) is 0 Å². The highest BCUT2D eigenvalue weighted by molar-refractivity contribution is 5.65. The Bertz CT molecular complexity index is 239. The zero-order valence-corrected chi connectivity index (χ0v) is 10.0. The van der Waals surface area contributed by atoms with Gasteiger partial charge in [-0.2, -0.15) is 0 Å². The van der Waals surface area contributed by atoms with E-state index in [0.29, 0.717) is 32.7 Å². The predicted molar refractivity (Wildman–Crippen MR) is 59.8 cm³/mol. The van der Waals surface area contributed by atoms with Crippen molar-refractivity contribution in [2.45, 2.75) is 18.6 Å². The number of piperidine rings is 1. The summed E-state index contributed by atoms with van der Waals surface area (Å²) in [5, 5.41) is 8.88. The van der Waals surface area contributed by atoms with Gasteiger partial charge in [-0.05, 0) is 6.42 Å². The molecule has 2 unspecified atom stereocenters. The van der Waals surface area contributed by atoms with Gasteiger partial charge in [-0.15, -0.1) is 0 Å². The average molecular weight is 248 g/mol. The minimum Gasteiger partial charge on any atom is -0.465 e. The zero-order valence-electron chi connectivity index (χ0n) is 10.0. The van der Waals surface area contributed by atoms with Crippen LogP contribution in [0.5, 0.6) is 0 Å². The van der Waals surface area contributed by atoms with Crippen molar-refractivity contribution >= 4 is 6.09 Å². The smallest absolute Gasteiger partial charge is 0.407 e. The van der Waals surface area contributed by atoms with Gasteiger partial charge in [0.05, 0.1) is 25.9 Å². The molecule has 0 bridgehead atoms. The summed E-state index contributed by atoms with van der Waals surface area (Å²) in [7, 11) is 1.59. The number of nitrogens with zero attached hydrogens (tertiary/aromatic N) is 1. The molecule has 0 radical (unpaired) electrons. The van der Waals surface area contributed by atoms with E-state index in [-0.39, 0.29) is 18.9 Å². The summed E-state index contributed by atoms with van der Waals surface area (Å²) in [6, 6.07) is -0.177. The van der Waals surface area contributed by atoms with E-state index in [1.54, 1.807) is 7.11 Å². The Morgan fingerprint density at radius 3 is 2.88 bits per heavy atom. The second-order valence-electron chi connectivity index (χ2n) is 3.99. The Morgan fingerprint density at radius 2 is 2.24 bits per heavy atom. The van der Waals surface area contributed by atoms with E-state index in [2.05, 4.69) is 0 Å². The fourth-order valence-corrected chi connectivity index (χ4v) is 1.71. The van der Waals surface area contributed by atoms with E-state index in [9.17, 15) is 4.79 Å². The number of methoxy groups -OCH3 is 1. The third kappa shape index (κ3) is 5.31. The molecular weight excluding hydrogens is 228 g/mol. The lowest BCUT2D eigenvalue weighted by molar-refractivity contribution is -0.112. The SMILES string of the molecule is COCCOCOC1CC(N)CN(C(=O)O)C1. The highest BCUT2D eigenvalue weighted by atomic mass is 16.7. The van der Waals surface area contributed by atoms with Crippen LogP contribution in [0.2, 0.25) is 0 Å². The molecule has 7 nitrogen and oxygen atoms in total. The zero-order chi connectivity index (χ0) is 12.7. The molecule has 3 N–H and O–H groups in total. The van der Waals surface area contributed by atoms with Crippen LogP contribution in [0.4, 0.5) is 4.79 Å². The van der Waals surface area contributed by atoms with Crippen molar-refractivity contribution in [2.24, 2.45) is 5.73 Å². The third-order valence-electron chi connectivity index (χ3n) is 2.53. The molecule has 2 atom stereocenters. The molecule has 1 aliphatic heterocycles. The van der Waals surface area contributed by atoms with E-state index in [0.717, 1.165) is 0 Å². The molecule has 1 amide bonds. The lowest BCUT2D eigenvalue weighted by Crippen LogP contribution is -2.51. The number of hydrogen-bond donors (Lipinski definition) is 2. The fourth-order valence-electron chi connectivity index (χ4n) is 1.71. The van der Waals surface area contributed by atoms with Crippen LogP contribution in [0.25, 0.3) is 0 Å². The largest absolute Gasteiger partial charge is 0.465 e. The van der Waals surface area contributed by atoms with Gasteiger partial charge < -0.3 is 30.0 Å². The van der Waals surface area contributed by atoms with E-state index in [1.165, 1.54) is 4.90 Å². The summed E-state index contributed by atoms with van der Waals surface area (Å²) in [4.78, 5) is 12.1. The summed E-state index contributed by atoms with van der Waals surface area (Å²) in [6.45, 7) is 1.80. The Morgan fingerprint density at radius 1 is 1.47 bits per heavy atom. The summed E-state index contributed by atoms with van der Waals surface area (Å²) >= 11 is 0. The molecule has 7 heteroatoms. The van der Waals surface area contributed by atoms with Crippen molar-refractivity contribution in [2.75, 3.05) is 40.2 Å². The second kappa shape index (κ2) is 7.44. The second-order valence-corrected chi connectivity index (χ2v) is 3.99. The summed E-state index contributed by atoms with van der Waals surface area (Å²) in [6.07, 6.45) is -0.510. The van der Waals surface area contributed by atoms with E-state index in [1.807, 2.05) is 0 Å². The first-order valence-corrected chi connectivity index (χ1v) is 5.55. The highest BCUT2D eigenvalue weighted by Crippen LogP contribution is 2.12. The molecule has 0 spiro atoms. The maximum absolute atomic E-state index is 10.8. The van der Waals surface area contributed by atoms with Gasteiger partial charge in [0, 0.05) is 19.7 Å². The summed E-state index contributed by atoms with van der Waals surface area (Å²) in [5.74, 6) is 0. The van der Waals surface area contributed by atoms with Crippen LogP contribution in [0.3, 0.4) is 0 Å². The molecule has 0 aromatic heterocycles. The first-order valence-electron chi connectivity index (χ1n) is 5.55. The predicted octanol–water partition coefficient (Wildman–Crippen LogP) is -0.297. The number of ether oxygens (including phenoxy) is 3. The molecular formula is C10H20N2O5. The molecule has 0 aromatic carbocycles. The quantitative estimate of drug-likeness (QED) is 0.495. The number of rotatable bonds is 6. The van der Waals surface area contributed by atoms with Crippen LogP contribution in [0, 0.1) is 0 Å². The maximum atomic E-state index is 10.8. The monoisotopic (exact) mass is 248 g/mol. The number of carbonyl (C=O) groups is 1. The number of hydrogen-bond acceptors (Lipinski definition) is 5. The first-order chi connectivity index (χ1) is 8.13. The fraction of sp³-hybridized carbons (Fsp3) is 0.900. The number of likely N-dealkylation sites (tertiary alicyclic amines) is 1. The van der Waals surface area contributed by atoms with Gasteiger partial charge in [-0.25, -0.2) is 4.79 Å². The van der Waals surface area contributed by atoms with Gasteiger partial charge in [-0.1, -0.05) is 0 Å². The lowest BCUT2D eigenvalue weighted by Gasteiger charge is -2.34. The topological polar surface area (TPSA) is 94.3 Å². The molecule has 0 aromatic rings. The molecule has 1 saturated heterocycles. The Labute approximate surface area is 100 Å². The van der Waals surface area contributed by atoms with Crippen molar-refractivity contribution in [3.8, 4) is 0 Å². The minimum absolute atomic E-state index is 0.133. The van der Waals surface area contributed by atoms with Crippen LogP contribution >= 0.6 is 0 Å². The van der Waals surface area contributed by atoms with Crippen LogP contribution in [0.1, 0.15) is 6.42 Å².